The maximum atomic E-state index is 6.16. The van der Waals surface area contributed by atoms with Crippen molar-refractivity contribution in [3.63, 3.8) is 0 Å². The van der Waals surface area contributed by atoms with Gasteiger partial charge in [-0.15, -0.1) is 0 Å². The van der Waals surface area contributed by atoms with E-state index in [1.165, 1.54) is 12.0 Å². The van der Waals surface area contributed by atoms with Crippen LogP contribution in [0.4, 0.5) is 0 Å². The predicted molar refractivity (Wildman–Crippen MR) is 65.9 cm³/mol. The fraction of sp³-hybridized carbons (Fsp3) is 0.500. The van der Waals surface area contributed by atoms with E-state index in [-0.39, 0.29) is 0 Å². The molecule has 0 radical (unpaired) electrons. The van der Waals surface area contributed by atoms with Gasteiger partial charge in [0.1, 0.15) is 0 Å². The maximum absolute atomic E-state index is 6.16. The summed E-state index contributed by atoms with van der Waals surface area (Å²) in [5.74, 6) is 1.39. The number of hydrogen-bond donors (Lipinski definition) is 1. The maximum Gasteiger partial charge on any atom is 0.0455 e. The third-order valence-electron chi connectivity index (χ3n) is 2.94. The molecule has 0 saturated heterocycles. The van der Waals surface area contributed by atoms with Gasteiger partial charge in [-0.05, 0) is 49.0 Å². The smallest absolute Gasteiger partial charge is 0.0455 e. The second-order valence-electron chi connectivity index (χ2n) is 4.08. The first-order valence-corrected chi connectivity index (χ1v) is 6.13. The van der Waals surface area contributed by atoms with Crippen LogP contribution in [-0.2, 0) is 0 Å². The Hall–Kier alpha value is -0.240. The minimum atomic E-state index is 0.633. The second kappa shape index (κ2) is 4.73. The lowest BCUT2D eigenvalue weighted by Crippen LogP contribution is -2.16. The van der Waals surface area contributed by atoms with Crippen LogP contribution in [0.1, 0.15) is 24.8 Å². The van der Waals surface area contributed by atoms with E-state index in [2.05, 4.69) is 18.3 Å². The van der Waals surface area contributed by atoms with Gasteiger partial charge in [0.15, 0.2) is 0 Å². The summed E-state index contributed by atoms with van der Waals surface area (Å²) in [6, 6.07) is 5.81. The highest BCUT2D eigenvalue weighted by Gasteiger charge is 2.38. The van der Waals surface area contributed by atoms with Crippen molar-refractivity contribution in [3.8, 4) is 0 Å². The molecular formula is C12H15Cl2N. The Balaban J connectivity index is 2.00. The summed E-state index contributed by atoms with van der Waals surface area (Å²) in [4.78, 5) is 0. The highest BCUT2D eigenvalue weighted by atomic mass is 35.5. The van der Waals surface area contributed by atoms with Gasteiger partial charge in [-0.2, -0.15) is 0 Å². The van der Waals surface area contributed by atoms with Crippen LogP contribution in [0.15, 0.2) is 18.2 Å². The molecule has 0 aromatic heterocycles. The molecule has 3 heteroatoms. The lowest BCUT2D eigenvalue weighted by Gasteiger charge is -2.04. The summed E-state index contributed by atoms with van der Waals surface area (Å²) >= 11 is 12.0. The Morgan fingerprint density at radius 1 is 1.40 bits per heavy atom. The summed E-state index contributed by atoms with van der Waals surface area (Å²) < 4.78 is 0. The van der Waals surface area contributed by atoms with Crippen molar-refractivity contribution in [1.82, 2.24) is 5.32 Å². The van der Waals surface area contributed by atoms with Crippen LogP contribution < -0.4 is 5.32 Å². The molecular weight excluding hydrogens is 229 g/mol. The molecule has 1 N–H and O–H groups in total. The van der Waals surface area contributed by atoms with Gasteiger partial charge in [0, 0.05) is 10.0 Å². The average molecular weight is 244 g/mol. The van der Waals surface area contributed by atoms with Crippen LogP contribution in [0.3, 0.4) is 0 Å². The van der Waals surface area contributed by atoms with E-state index in [1.54, 1.807) is 0 Å². The molecule has 1 aromatic rings. The molecule has 2 unspecified atom stereocenters. The lowest BCUT2D eigenvalue weighted by molar-refractivity contribution is 0.649. The zero-order chi connectivity index (χ0) is 10.8. The van der Waals surface area contributed by atoms with Crippen LogP contribution in [0.2, 0.25) is 10.0 Å². The SMILES string of the molecule is CCNCC1CC1c1ccc(Cl)cc1Cl. The first-order chi connectivity index (χ1) is 7.22. The van der Waals surface area contributed by atoms with Crippen molar-refractivity contribution >= 4 is 23.2 Å². The van der Waals surface area contributed by atoms with E-state index in [0.29, 0.717) is 10.9 Å². The van der Waals surface area contributed by atoms with Gasteiger partial charge in [-0.3, -0.25) is 0 Å². The summed E-state index contributed by atoms with van der Waals surface area (Å²) in [7, 11) is 0. The topological polar surface area (TPSA) is 12.0 Å². The Morgan fingerprint density at radius 2 is 2.20 bits per heavy atom. The molecule has 2 rings (SSSR count). The summed E-state index contributed by atoms with van der Waals surface area (Å²) in [6.45, 7) is 4.27. The van der Waals surface area contributed by atoms with Gasteiger partial charge in [0.05, 0.1) is 0 Å². The van der Waals surface area contributed by atoms with E-state index in [4.69, 9.17) is 23.2 Å². The number of halogens is 2. The largest absolute Gasteiger partial charge is 0.317 e. The fourth-order valence-electron chi connectivity index (χ4n) is 1.99. The average Bonchev–Trinajstić information content (AvgIpc) is 2.94. The van der Waals surface area contributed by atoms with E-state index in [0.717, 1.165) is 24.0 Å². The Morgan fingerprint density at radius 3 is 2.87 bits per heavy atom. The molecule has 0 heterocycles. The lowest BCUT2D eigenvalue weighted by atomic mass is 10.1. The summed E-state index contributed by atoms with van der Waals surface area (Å²) in [5.41, 5.74) is 1.25. The highest BCUT2D eigenvalue weighted by Crippen LogP contribution is 2.49. The van der Waals surface area contributed by atoms with E-state index in [1.807, 2.05) is 12.1 Å². The molecule has 1 saturated carbocycles. The summed E-state index contributed by atoms with van der Waals surface area (Å²) in [6.07, 6.45) is 1.24. The van der Waals surface area contributed by atoms with Gasteiger partial charge in [-0.1, -0.05) is 36.2 Å². The molecule has 82 valence electrons. The third kappa shape index (κ3) is 2.66. The van der Waals surface area contributed by atoms with Crippen LogP contribution >= 0.6 is 23.2 Å². The van der Waals surface area contributed by atoms with Crippen molar-refractivity contribution in [2.45, 2.75) is 19.3 Å². The molecule has 15 heavy (non-hydrogen) atoms. The Labute approximate surface area is 101 Å². The molecule has 1 fully saturated rings. The van der Waals surface area contributed by atoms with Gasteiger partial charge >= 0.3 is 0 Å². The van der Waals surface area contributed by atoms with Crippen molar-refractivity contribution in [2.75, 3.05) is 13.1 Å². The second-order valence-corrected chi connectivity index (χ2v) is 4.92. The van der Waals surface area contributed by atoms with Gasteiger partial charge in [-0.25, -0.2) is 0 Å². The first-order valence-electron chi connectivity index (χ1n) is 5.38. The van der Waals surface area contributed by atoms with Crippen LogP contribution in [0, 0.1) is 5.92 Å². The van der Waals surface area contributed by atoms with Gasteiger partial charge in [0.2, 0.25) is 0 Å². The van der Waals surface area contributed by atoms with Crippen molar-refractivity contribution in [3.05, 3.63) is 33.8 Å². The molecule has 2 atom stereocenters. The zero-order valence-corrected chi connectivity index (χ0v) is 10.3. The Kier molecular flexibility index (Phi) is 3.55. The summed E-state index contributed by atoms with van der Waals surface area (Å²) in [5, 5.41) is 4.90. The molecule has 0 bridgehead atoms. The number of benzene rings is 1. The molecule has 0 spiro atoms. The van der Waals surface area contributed by atoms with E-state index < -0.39 is 0 Å². The molecule has 1 aromatic carbocycles. The number of rotatable bonds is 4. The minimum Gasteiger partial charge on any atom is -0.317 e. The number of hydrogen-bond acceptors (Lipinski definition) is 1. The number of nitrogens with one attached hydrogen (secondary N) is 1. The van der Waals surface area contributed by atoms with E-state index >= 15 is 0 Å². The zero-order valence-electron chi connectivity index (χ0n) is 8.76. The van der Waals surface area contributed by atoms with Crippen LogP contribution in [0.25, 0.3) is 0 Å². The third-order valence-corrected chi connectivity index (χ3v) is 3.50. The van der Waals surface area contributed by atoms with Crippen LogP contribution in [-0.4, -0.2) is 13.1 Å². The molecule has 1 nitrogen and oxygen atoms in total. The van der Waals surface area contributed by atoms with Crippen molar-refractivity contribution in [2.24, 2.45) is 5.92 Å². The predicted octanol–water partition coefficient (Wildman–Crippen LogP) is 3.71. The normalized spacial score (nSPS) is 24.2. The standard InChI is InChI=1S/C12H15Cl2N/c1-2-15-7-8-5-11(8)10-4-3-9(13)6-12(10)14/h3-4,6,8,11,15H,2,5,7H2,1H3. The van der Waals surface area contributed by atoms with E-state index in [9.17, 15) is 0 Å². The fourth-order valence-corrected chi connectivity index (χ4v) is 2.53. The van der Waals surface area contributed by atoms with Crippen molar-refractivity contribution < 1.29 is 0 Å². The molecule has 1 aliphatic carbocycles. The highest BCUT2D eigenvalue weighted by molar-refractivity contribution is 6.35. The first kappa shape index (κ1) is 11.3. The molecule has 0 amide bonds. The molecule has 0 aliphatic heterocycles. The Bertz CT molecular complexity index is 351. The monoisotopic (exact) mass is 243 g/mol. The van der Waals surface area contributed by atoms with Gasteiger partial charge < -0.3 is 5.32 Å². The van der Waals surface area contributed by atoms with Gasteiger partial charge in [0.25, 0.3) is 0 Å². The quantitative estimate of drug-likeness (QED) is 0.851. The minimum absolute atomic E-state index is 0.633. The van der Waals surface area contributed by atoms with Crippen LogP contribution in [0.5, 0.6) is 0 Å². The van der Waals surface area contributed by atoms with Crippen molar-refractivity contribution in [1.29, 1.82) is 0 Å². The molecule has 1 aliphatic rings.